The predicted molar refractivity (Wildman–Crippen MR) is 134 cm³/mol. The fourth-order valence-electron chi connectivity index (χ4n) is 5.18. The summed E-state index contributed by atoms with van der Waals surface area (Å²) < 4.78 is 3.79. The minimum absolute atomic E-state index is 0.503. The van der Waals surface area contributed by atoms with Crippen LogP contribution in [0.2, 0.25) is 0 Å². The van der Waals surface area contributed by atoms with E-state index >= 15 is 0 Å². The first-order valence-electron chi connectivity index (χ1n) is 11.7. The van der Waals surface area contributed by atoms with E-state index in [4.69, 9.17) is 10.1 Å². The Morgan fingerprint density at radius 1 is 1.03 bits per heavy atom. The fraction of sp³-hybridized carbons (Fsp3) is 0.240. The van der Waals surface area contributed by atoms with Crippen LogP contribution in [0.4, 0.5) is 17.5 Å². The zero-order valence-electron chi connectivity index (χ0n) is 19.2. The van der Waals surface area contributed by atoms with Crippen molar-refractivity contribution in [1.29, 1.82) is 0 Å². The minimum atomic E-state index is 0.503. The number of nitrogens with one attached hydrogen (secondary N) is 2. The summed E-state index contributed by atoms with van der Waals surface area (Å²) in [5.41, 5.74) is 4.09. The van der Waals surface area contributed by atoms with Gasteiger partial charge < -0.3 is 15.5 Å². The molecule has 10 nitrogen and oxygen atoms in total. The Labute approximate surface area is 201 Å². The van der Waals surface area contributed by atoms with Crippen LogP contribution in [0.3, 0.4) is 0 Å². The van der Waals surface area contributed by atoms with Crippen molar-refractivity contribution in [1.82, 2.24) is 39.8 Å². The van der Waals surface area contributed by atoms with E-state index in [-0.39, 0.29) is 0 Å². The molecular weight excluding hydrogens is 440 g/mol. The van der Waals surface area contributed by atoms with E-state index in [0.717, 1.165) is 52.4 Å². The average Bonchev–Trinajstić information content (AvgIpc) is 3.69. The van der Waals surface area contributed by atoms with Crippen molar-refractivity contribution in [3.8, 4) is 16.8 Å². The highest BCUT2D eigenvalue weighted by Crippen LogP contribution is 2.33. The van der Waals surface area contributed by atoms with Gasteiger partial charge in [-0.15, -0.1) is 5.10 Å². The highest BCUT2D eigenvalue weighted by Gasteiger charge is 2.38. The van der Waals surface area contributed by atoms with Crippen LogP contribution in [-0.4, -0.2) is 59.7 Å². The second-order valence-corrected chi connectivity index (χ2v) is 9.13. The summed E-state index contributed by atoms with van der Waals surface area (Å²) in [7, 11) is 1.92. The quantitative estimate of drug-likeness (QED) is 0.409. The molecule has 2 atom stereocenters. The Balaban J connectivity index is 1.35. The lowest BCUT2D eigenvalue weighted by Gasteiger charge is -2.28. The van der Waals surface area contributed by atoms with Gasteiger partial charge in [-0.3, -0.25) is 9.67 Å². The zero-order valence-corrected chi connectivity index (χ0v) is 19.2. The van der Waals surface area contributed by atoms with Crippen molar-refractivity contribution in [2.75, 3.05) is 23.3 Å². The third kappa shape index (κ3) is 3.50. The maximum absolute atomic E-state index is 4.97. The first-order valence-corrected chi connectivity index (χ1v) is 11.7. The Morgan fingerprint density at radius 2 is 2.00 bits per heavy atom. The summed E-state index contributed by atoms with van der Waals surface area (Å²) in [6.07, 6.45) is 11.9. The largest absolute Gasteiger partial charge is 0.351 e. The molecule has 0 amide bonds. The molecule has 6 heterocycles. The Bertz CT molecular complexity index is 1520. The van der Waals surface area contributed by atoms with Crippen molar-refractivity contribution < 1.29 is 0 Å². The van der Waals surface area contributed by atoms with Crippen molar-refractivity contribution in [2.24, 2.45) is 7.05 Å². The van der Waals surface area contributed by atoms with Crippen LogP contribution in [0.15, 0.2) is 67.5 Å². The molecule has 0 saturated carbocycles. The van der Waals surface area contributed by atoms with Crippen LogP contribution in [0.5, 0.6) is 0 Å². The van der Waals surface area contributed by atoms with E-state index in [9.17, 15) is 0 Å². The Morgan fingerprint density at radius 3 is 2.77 bits per heavy atom. The molecule has 5 aromatic rings. The zero-order chi connectivity index (χ0) is 23.4. The van der Waals surface area contributed by atoms with Crippen LogP contribution in [-0.2, 0) is 7.05 Å². The third-order valence-electron chi connectivity index (χ3n) is 6.85. The molecule has 0 unspecified atom stereocenters. The van der Waals surface area contributed by atoms with E-state index in [0.29, 0.717) is 17.9 Å². The lowest BCUT2D eigenvalue weighted by atomic mass is 10.1. The molecule has 0 radical (unpaired) electrons. The average molecular weight is 465 g/mol. The molecule has 2 bridgehead atoms. The lowest BCUT2D eigenvalue weighted by molar-refractivity contribution is 0.576. The smallest absolute Gasteiger partial charge is 0.162 e. The van der Waals surface area contributed by atoms with Crippen LogP contribution in [0.1, 0.15) is 6.42 Å². The van der Waals surface area contributed by atoms with E-state index in [1.807, 2.05) is 41.1 Å². The van der Waals surface area contributed by atoms with Crippen molar-refractivity contribution in [3.05, 3.63) is 67.5 Å². The molecule has 0 aliphatic carbocycles. The second kappa shape index (κ2) is 7.88. The maximum atomic E-state index is 4.97. The van der Waals surface area contributed by atoms with Gasteiger partial charge in [0.1, 0.15) is 11.6 Å². The first kappa shape index (κ1) is 20.1. The predicted octanol–water partition coefficient (Wildman–Crippen LogP) is 2.91. The molecule has 2 fully saturated rings. The van der Waals surface area contributed by atoms with Gasteiger partial charge in [-0.25, -0.2) is 14.6 Å². The molecular formula is C25H24N10. The number of nitrogens with zero attached hydrogens (tertiary/aromatic N) is 8. The van der Waals surface area contributed by atoms with Crippen LogP contribution in [0.25, 0.3) is 27.7 Å². The standard InChI is InChI=1S/C25H24N10/c1-33-14-17(11-30-33)16-2-3-21-22(8-16)35(32-25(21)31-23-13-26-6-7-27-23)19-4-5-28-24(10-19)34-15-18-9-20(34)12-29-18/h2-8,10-11,13-14,18,20,29H,9,12,15H2,1H3,(H,27,31,32)/t18-,20-/m0/s1. The number of anilines is 3. The van der Waals surface area contributed by atoms with Gasteiger partial charge in [-0.1, -0.05) is 6.07 Å². The van der Waals surface area contributed by atoms with E-state index in [2.05, 4.69) is 54.9 Å². The van der Waals surface area contributed by atoms with Crippen LogP contribution >= 0.6 is 0 Å². The van der Waals surface area contributed by atoms with Gasteiger partial charge in [-0.2, -0.15) is 5.10 Å². The molecule has 2 aliphatic heterocycles. The van der Waals surface area contributed by atoms with Crippen molar-refractivity contribution in [2.45, 2.75) is 18.5 Å². The topological polar surface area (TPSA) is 102 Å². The van der Waals surface area contributed by atoms with Gasteiger partial charge in [0, 0.05) is 74.0 Å². The molecule has 0 spiro atoms. The van der Waals surface area contributed by atoms with Crippen molar-refractivity contribution >= 4 is 28.4 Å². The number of fused-ring (bicyclic) bond motifs is 3. The summed E-state index contributed by atoms with van der Waals surface area (Å²) in [6.45, 7) is 2.01. The Hall–Kier alpha value is -4.31. The van der Waals surface area contributed by atoms with Crippen molar-refractivity contribution in [3.63, 3.8) is 0 Å². The van der Waals surface area contributed by atoms with E-state index < -0.39 is 0 Å². The summed E-state index contributed by atoms with van der Waals surface area (Å²) in [5.74, 6) is 2.36. The van der Waals surface area contributed by atoms with E-state index in [1.165, 1.54) is 6.42 Å². The molecule has 10 heteroatoms. The Kier molecular flexibility index (Phi) is 4.52. The second-order valence-electron chi connectivity index (χ2n) is 9.13. The summed E-state index contributed by atoms with van der Waals surface area (Å²) >= 11 is 0. The monoisotopic (exact) mass is 464 g/mol. The molecule has 2 aliphatic rings. The summed E-state index contributed by atoms with van der Waals surface area (Å²) in [6, 6.07) is 11.5. The molecule has 7 rings (SSSR count). The summed E-state index contributed by atoms with van der Waals surface area (Å²) in [4.78, 5) is 15.6. The highest BCUT2D eigenvalue weighted by molar-refractivity contribution is 5.95. The number of aryl methyl sites for hydroxylation is 1. The van der Waals surface area contributed by atoms with Crippen LogP contribution < -0.4 is 15.5 Å². The molecule has 174 valence electrons. The van der Waals surface area contributed by atoms with E-state index in [1.54, 1.807) is 18.6 Å². The van der Waals surface area contributed by atoms with Gasteiger partial charge >= 0.3 is 0 Å². The number of aromatic nitrogens is 7. The first-order chi connectivity index (χ1) is 17.2. The van der Waals surface area contributed by atoms with Gasteiger partial charge in [0.15, 0.2) is 5.82 Å². The molecule has 1 aromatic carbocycles. The molecule has 4 aromatic heterocycles. The fourth-order valence-corrected chi connectivity index (χ4v) is 5.18. The van der Waals surface area contributed by atoms with Gasteiger partial charge in [0.25, 0.3) is 0 Å². The lowest BCUT2D eigenvalue weighted by Crippen LogP contribution is -2.44. The number of benzene rings is 1. The minimum Gasteiger partial charge on any atom is -0.351 e. The molecule has 35 heavy (non-hydrogen) atoms. The molecule has 2 saturated heterocycles. The SMILES string of the molecule is Cn1cc(-c2ccc3c(Nc4cnccn4)nn(-c4ccnc(N5C[C@@H]6C[C@H]5CN6)c4)c3c2)cn1. The highest BCUT2D eigenvalue weighted by atomic mass is 15.3. The number of piperazine rings is 1. The van der Waals surface area contributed by atoms with Crippen LogP contribution in [0, 0.1) is 0 Å². The van der Waals surface area contributed by atoms with Gasteiger partial charge in [0.2, 0.25) is 0 Å². The normalized spacial score (nSPS) is 19.1. The maximum Gasteiger partial charge on any atom is 0.162 e. The summed E-state index contributed by atoms with van der Waals surface area (Å²) in [5, 5.41) is 17.2. The molecule has 2 N–H and O–H groups in total. The van der Waals surface area contributed by atoms with Gasteiger partial charge in [-0.05, 0) is 30.2 Å². The van der Waals surface area contributed by atoms with Gasteiger partial charge in [0.05, 0.1) is 23.6 Å². The number of hydrogen-bond acceptors (Lipinski definition) is 8. The number of hydrogen-bond donors (Lipinski definition) is 2. The third-order valence-corrected chi connectivity index (χ3v) is 6.85. The number of pyridine rings is 1. The number of rotatable bonds is 5.